The summed E-state index contributed by atoms with van der Waals surface area (Å²) in [5.74, 6) is -3.74. The highest BCUT2D eigenvalue weighted by molar-refractivity contribution is 5.94. The topological polar surface area (TPSA) is 88.1 Å². The van der Waals surface area contributed by atoms with E-state index in [-0.39, 0.29) is 35.0 Å². The molecular weight excluding hydrogens is 493 g/mol. The molecular formula is C27H17F3O7. The maximum absolute atomic E-state index is 13.9. The summed E-state index contributed by atoms with van der Waals surface area (Å²) < 4.78 is 68.2. The Bertz CT molecular complexity index is 1650. The van der Waals surface area contributed by atoms with Crippen LogP contribution in [0.1, 0.15) is 23.2 Å². The molecule has 7 nitrogen and oxygen atoms in total. The number of esters is 1. The van der Waals surface area contributed by atoms with Gasteiger partial charge in [-0.25, -0.2) is 4.79 Å². The molecule has 0 fully saturated rings. The Morgan fingerprint density at radius 3 is 2.35 bits per heavy atom. The molecule has 0 N–H and O–H groups in total. The molecule has 0 spiro atoms. The van der Waals surface area contributed by atoms with E-state index in [1.807, 2.05) is 0 Å². The van der Waals surface area contributed by atoms with Crippen molar-refractivity contribution in [1.29, 1.82) is 0 Å². The zero-order valence-electron chi connectivity index (χ0n) is 19.1. The van der Waals surface area contributed by atoms with Crippen molar-refractivity contribution in [3.8, 4) is 23.0 Å². The fourth-order valence-corrected chi connectivity index (χ4v) is 3.66. The molecule has 0 atom stereocenters. The third kappa shape index (κ3) is 4.73. The summed E-state index contributed by atoms with van der Waals surface area (Å²) in [5, 5.41) is 0.465. The van der Waals surface area contributed by atoms with Crippen molar-refractivity contribution >= 4 is 27.9 Å². The number of para-hydroxylation sites is 3. The molecule has 0 saturated heterocycles. The number of hydrogen-bond acceptors (Lipinski definition) is 7. The smallest absolute Gasteiger partial charge is 0.453 e. The van der Waals surface area contributed by atoms with E-state index in [0.29, 0.717) is 11.0 Å². The van der Waals surface area contributed by atoms with E-state index in [1.54, 1.807) is 37.3 Å². The second-order valence-electron chi connectivity index (χ2n) is 7.76. The van der Waals surface area contributed by atoms with Gasteiger partial charge in [-0.15, -0.1) is 0 Å². The van der Waals surface area contributed by atoms with E-state index in [1.165, 1.54) is 36.4 Å². The van der Waals surface area contributed by atoms with Crippen LogP contribution in [-0.4, -0.2) is 12.6 Å². The summed E-state index contributed by atoms with van der Waals surface area (Å²) in [6.45, 7) is 1.93. The average Bonchev–Trinajstić information content (AvgIpc) is 3.31. The predicted octanol–water partition coefficient (Wildman–Crippen LogP) is 6.97. The molecule has 5 rings (SSSR count). The van der Waals surface area contributed by atoms with Crippen molar-refractivity contribution in [1.82, 2.24) is 0 Å². The van der Waals surface area contributed by atoms with E-state index in [9.17, 15) is 22.8 Å². The molecule has 37 heavy (non-hydrogen) atoms. The Morgan fingerprint density at radius 1 is 0.892 bits per heavy atom. The first-order valence-corrected chi connectivity index (χ1v) is 11.0. The van der Waals surface area contributed by atoms with E-state index >= 15 is 0 Å². The van der Waals surface area contributed by atoms with Crippen molar-refractivity contribution in [2.75, 3.05) is 6.61 Å². The summed E-state index contributed by atoms with van der Waals surface area (Å²) in [4.78, 5) is 25.6. The van der Waals surface area contributed by atoms with Crippen LogP contribution < -0.4 is 19.6 Å². The molecule has 2 aromatic heterocycles. The van der Waals surface area contributed by atoms with Gasteiger partial charge >= 0.3 is 12.1 Å². The minimum atomic E-state index is -5.07. The average molecular weight is 510 g/mol. The summed E-state index contributed by atoms with van der Waals surface area (Å²) in [7, 11) is 0. The minimum Gasteiger partial charge on any atom is -0.490 e. The van der Waals surface area contributed by atoms with Gasteiger partial charge in [0.2, 0.25) is 16.9 Å². The second kappa shape index (κ2) is 9.38. The molecule has 0 amide bonds. The van der Waals surface area contributed by atoms with Gasteiger partial charge in [-0.1, -0.05) is 30.3 Å². The first-order chi connectivity index (χ1) is 17.7. The summed E-state index contributed by atoms with van der Waals surface area (Å²) >= 11 is 0. The lowest BCUT2D eigenvalue weighted by Gasteiger charge is -2.15. The van der Waals surface area contributed by atoms with Gasteiger partial charge in [0.1, 0.15) is 16.9 Å². The van der Waals surface area contributed by atoms with Crippen LogP contribution in [0.3, 0.4) is 0 Å². The van der Waals surface area contributed by atoms with Crippen molar-refractivity contribution in [3.63, 3.8) is 0 Å². The fourth-order valence-electron chi connectivity index (χ4n) is 3.66. The van der Waals surface area contributed by atoms with E-state index in [0.717, 1.165) is 6.07 Å². The molecule has 0 radical (unpaired) electrons. The highest BCUT2D eigenvalue weighted by Crippen LogP contribution is 2.40. The van der Waals surface area contributed by atoms with Crippen molar-refractivity contribution in [3.05, 3.63) is 94.5 Å². The molecule has 0 aliphatic carbocycles. The molecule has 0 saturated carbocycles. The van der Waals surface area contributed by atoms with Gasteiger partial charge in [0.25, 0.3) is 5.76 Å². The van der Waals surface area contributed by atoms with Gasteiger partial charge in [-0.05, 0) is 43.3 Å². The van der Waals surface area contributed by atoms with Crippen LogP contribution in [-0.2, 0) is 6.18 Å². The van der Waals surface area contributed by atoms with Crippen LogP contribution >= 0.6 is 0 Å². The first kappa shape index (κ1) is 24.0. The number of ether oxygens (including phenoxy) is 3. The molecule has 5 aromatic rings. The van der Waals surface area contributed by atoms with Gasteiger partial charge in [-0.3, -0.25) is 4.79 Å². The van der Waals surface area contributed by atoms with Crippen LogP contribution in [0.5, 0.6) is 23.0 Å². The lowest BCUT2D eigenvalue weighted by molar-refractivity contribution is -0.154. The van der Waals surface area contributed by atoms with Crippen molar-refractivity contribution < 1.29 is 41.0 Å². The van der Waals surface area contributed by atoms with Crippen molar-refractivity contribution in [2.24, 2.45) is 0 Å². The molecule has 0 aliphatic heterocycles. The minimum absolute atomic E-state index is 0.0853. The Balaban J connectivity index is 1.53. The van der Waals surface area contributed by atoms with Crippen LogP contribution in [0.25, 0.3) is 21.9 Å². The summed E-state index contributed by atoms with van der Waals surface area (Å²) in [5.41, 5.74) is -1.04. The monoisotopic (exact) mass is 510 g/mol. The number of halogens is 3. The molecule has 2 heterocycles. The zero-order chi connectivity index (χ0) is 26.2. The van der Waals surface area contributed by atoms with Gasteiger partial charge in [0, 0.05) is 11.5 Å². The second-order valence-corrected chi connectivity index (χ2v) is 7.76. The van der Waals surface area contributed by atoms with Crippen LogP contribution in [0.2, 0.25) is 0 Å². The SMILES string of the molecule is CCOc1ccccc1Oc1c(C(F)(F)F)oc2cc(OC(=O)c3cc4ccccc4o3)ccc2c1=O. The Morgan fingerprint density at radius 2 is 1.62 bits per heavy atom. The van der Waals surface area contributed by atoms with Gasteiger partial charge in [0.15, 0.2) is 11.5 Å². The van der Waals surface area contributed by atoms with E-state index in [4.69, 9.17) is 23.0 Å². The largest absolute Gasteiger partial charge is 0.490 e. The standard InChI is InChI=1S/C27H17F3O7/c1-2-33-19-9-5-6-10-20(19)36-24-23(31)17-12-11-16(14-21(17)37-25(24)27(28,29)30)34-26(32)22-13-15-7-3-4-8-18(15)35-22/h3-14H,2H2,1H3. The first-order valence-electron chi connectivity index (χ1n) is 11.0. The Hall–Kier alpha value is -4.73. The quantitative estimate of drug-likeness (QED) is 0.180. The molecule has 0 unspecified atom stereocenters. The van der Waals surface area contributed by atoms with Gasteiger partial charge in [0.05, 0.1) is 12.0 Å². The maximum atomic E-state index is 13.9. The van der Waals surface area contributed by atoms with Crippen LogP contribution in [0.4, 0.5) is 13.2 Å². The lowest BCUT2D eigenvalue weighted by atomic mass is 10.2. The number of fused-ring (bicyclic) bond motifs is 2. The number of carbonyl (C=O) groups is 1. The number of furan rings is 1. The zero-order valence-corrected chi connectivity index (χ0v) is 19.1. The molecule has 3 aromatic carbocycles. The highest BCUT2D eigenvalue weighted by Gasteiger charge is 2.41. The number of hydrogen-bond donors (Lipinski definition) is 0. The van der Waals surface area contributed by atoms with Gasteiger partial charge < -0.3 is 23.0 Å². The highest BCUT2D eigenvalue weighted by atomic mass is 19.4. The van der Waals surface area contributed by atoms with Gasteiger partial charge in [-0.2, -0.15) is 13.2 Å². The van der Waals surface area contributed by atoms with E-state index < -0.39 is 34.7 Å². The normalized spacial score (nSPS) is 11.6. The predicted molar refractivity (Wildman–Crippen MR) is 126 cm³/mol. The third-order valence-electron chi connectivity index (χ3n) is 5.28. The Kier molecular flexibility index (Phi) is 6.08. The maximum Gasteiger partial charge on any atom is 0.453 e. The molecule has 10 heteroatoms. The number of carbonyl (C=O) groups excluding carboxylic acids is 1. The van der Waals surface area contributed by atoms with Crippen molar-refractivity contribution in [2.45, 2.75) is 13.1 Å². The molecule has 0 aliphatic rings. The lowest BCUT2D eigenvalue weighted by Crippen LogP contribution is -2.16. The van der Waals surface area contributed by atoms with Crippen LogP contribution in [0, 0.1) is 0 Å². The fraction of sp³-hybridized carbons (Fsp3) is 0.111. The van der Waals surface area contributed by atoms with Crippen LogP contribution in [0.15, 0.2) is 86.4 Å². The Labute approximate surface area is 206 Å². The number of benzene rings is 3. The molecule has 188 valence electrons. The van der Waals surface area contributed by atoms with E-state index in [2.05, 4.69) is 0 Å². The number of rotatable bonds is 6. The third-order valence-corrected chi connectivity index (χ3v) is 5.28. The summed E-state index contributed by atoms with van der Waals surface area (Å²) in [6.07, 6.45) is -5.07. The number of alkyl halides is 3. The summed E-state index contributed by atoms with van der Waals surface area (Å²) in [6, 6.07) is 17.8. The molecule has 0 bridgehead atoms.